The van der Waals surface area contributed by atoms with Gasteiger partial charge in [-0.3, -0.25) is 9.89 Å². The van der Waals surface area contributed by atoms with Gasteiger partial charge in [0.2, 0.25) is 0 Å². The van der Waals surface area contributed by atoms with E-state index in [0.29, 0.717) is 16.3 Å². The van der Waals surface area contributed by atoms with E-state index in [2.05, 4.69) is 15.5 Å². The minimum Gasteiger partial charge on any atom is -0.465 e. The summed E-state index contributed by atoms with van der Waals surface area (Å²) >= 11 is 1.14. The van der Waals surface area contributed by atoms with Crippen molar-refractivity contribution in [3.05, 3.63) is 51.3 Å². The van der Waals surface area contributed by atoms with Crippen LogP contribution in [0.1, 0.15) is 30.5 Å². The molecule has 3 aromatic rings. The average Bonchev–Trinajstić information content (AvgIpc) is 3.18. The van der Waals surface area contributed by atoms with E-state index in [1.54, 1.807) is 19.2 Å². The van der Waals surface area contributed by atoms with E-state index in [1.807, 2.05) is 18.2 Å². The number of benzene rings is 1. The normalized spacial score (nSPS) is 10.7. The van der Waals surface area contributed by atoms with E-state index in [4.69, 9.17) is 4.74 Å². The molecule has 0 saturated carbocycles. The minimum atomic E-state index is -0.422. The van der Waals surface area contributed by atoms with Gasteiger partial charge in [0.1, 0.15) is 4.88 Å². The zero-order valence-corrected chi connectivity index (χ0v) is 13.5. The van der Waals surface area contributed by atoms with Crippen molar-refractivity contribution < 1.29 is 14.3 Å². The van der Waals surface area contributed by atoms with Crippen molar-refractivity contribution in [1.82, 2.24) is 15.5 Å². The molecule has 0 atom stereocenters. The number of amides is 1. The Morgan fingerprint density at radius 3 is 3.00 bits per heavy atom. The molecular weight excluding hydrogens is 314 g/mol. The van der Waals surface area contributed by atoms with Gasteiger partial charge in [0, 0.05) is 11.9 Å². The number of methoxy groups -OCH3 is 1. The van der Waals surface area contributed by atoms with Gasteiger partial charge in [0.05, 0.1) is 23.7 Å². The highest BCUT2D eigenvalue weighted by Crippen LogP contribution is 2.23. The van der Waals surface area contributed by atoms with Gasteiger partial charge in [0.15, 0.2) is 0 Å². The molecule has 0 saturated heterocycles. The molecule has 6 nitrogen and oxygen atoms in total. The summed E-state index contributed by atoms with van der Waals surface area (Å²) in [5.41, 5.74) is 2.65. The van der Waals surface area contributed by atoms with Crippen molar-refractivity contribution in [3.63, 3.8) is 0 Å². The quantitative estimate of drug-likeness (QED) is 0.721. The van der Waals surface area contributed by atoms with Crippen LogP contribution in [-0.2, 0) is 11.3 Å². The summed E-state index contributed by atoms with van der Waals surface area (Å²) in [4.78, 5) is 24.8. The van der Waals surface area contributed by atoms with Crippen molar-refractivity contribution in [2.45, 2.75) is 13.5 Å². The first-order chi connectivity index (χ1) is 11.1. The number of esters is 1. The number of carbonyl (C=O) groups is 2. The maximum absolute atomic E-state index is 12.3. The summed E-state index contributed by atoms with van der Waals surface area (Å²) in [6.07, 6.45) is 1.74. The number of fused-ring (bicyclic) bond motifs is 1. The van der Waals surface area contributed by atoms with Crippen LogP contribution in [0, 0.1) is 6.92 Å². The topological polar surface area (TPSA) is 84.1 Å². The lowest BCUT2D eigenvalue weighted by molar-refractivity contribution is 0.0605. The molecule has 118 valence electrons. The first-order valence-corrected chi connectivity index (χ1v) is 7.79. The van der Waals surface area contributed by atoms with Gasteiger partial charge in [-0.05, 0) is 30.2 Å². The van der Waals surface area contributed by atoms with E-state index < -0.39 is 5.97 Å². The Balaban J connectivity index is 1.75. The Morgan fingerprint density at radius 2 is 2.22 bits per heavy atom. The second kappa shape index (κ2) is 6.21. The molecule has 0 unspecified atom stereocenters. The van der Waals surface area contributed by atoms with Gasteiger partial charge in [-0.2, -0.15) is 5.10 Å². The molecule has 0 spiro atoms. The van der Waals surface area contributed by atoms with E-state index in [0.717, 1.165) is 33.4 Å². The minimum absolute atomic E-state index is 0.214. The van der Waals surface area contributed by atoms with Crippen molar-refractivity contribution >= 4 is 34.1 Å². The maximum Gasteiger partial charge on any atom is 0.348 e. The standard InChI is InChI=1S/C16H15N3O3S/c1-9-6-13(23-14(9)16(21)22-2)15(20)17-7-10-4-3-5-12-11(10)8-18-19-12/h3-6,8H,7H2,1-2H3,(H,17,20)(H,18,19). The predicted octanol–water partition coefficient (Wildman–Crippen LogP) is 2.65. The first-order valence-electron chi connectivity index (χ1n) is 6.98. The number of nitrogens with one attached hydrogen (secondary N) is 2. The van der Waals surface area contributed by atoms with Gasteiger partial charge < -0.3 is 10.1 Å². The lowest BCUT2D eigenvalue weighted by atomic mass is 10.1. The van der Waals surface area contributed by atoms with Crippen molar-refractivity contribution in [3.8, 4) is 0 Å². The highest BCUT2D eigenvalue weighted by atomic mass is 32.1. The highest BCUT2D eigenvalue weighted by molar-refractivity contribution is 7.16. The van der Waals surface area contributed by atoms with Crippen molar-refractivity contribution in [2.24, 2.45) is 0 Å². The molecule has 0 radical (unpaired) electrons. The number of aromatic amines is 1. The van der Waals surface area contributed by atoms with Crippen LogP contribution in [0.4, 0.5) is 0 Å². The van der Waals surface area contributed by atoms with Crippen molar-refractivity contribution in [1.29, 1.82) is 0 Å². The number of hydrogen-bond acceptors (Lipinski definition) is 5. The number of thiophene rings is 1. The number of rotatable bonds is 4. The Hall–Kier alpha value is -2.67. The van der Waals surface area contributed by atoms with Crippen LogP contribution in [0.2, 0.25) is 0 Å². The molecule has 1 amide bonds. The smallest absolute Gasteiger partial charge is 0.348 e. The van der Waals surface area contributed by atoms with E-state index >= 15 is 0 Å². The molecule has 1 aromatic carbocycles. The molecule has 0 fully saturated rings. The van der Waals surface area contributed by atoms with Crippen molar-refractivity contribution in [2.75, 3.05) is 7.11 Å². The third-order valence-electron chi connectivity index (χ3n) is 3.53. The molecule has 0 bridgehead atoms. The molecule has 0 aliphatic rings. The second-order valence-corrected chi connectivity index (χ2v) is 6.10. The number of H-pyrrole nitrogens is 1. The summed E-state index contributed by atoms with van der Waals surface area (Å²) in [6, 6.07) is 7.48. The van der Waals surface area contributed by atoms with Crippen LogP contribution in [0.25, 0.3) is 10.9 Å². The molecule has 0 aliphatic heterocycles. The van der Waals surface area contributed by atoms with Crippen LogP contribution >= 0.6 is 11.3 Å². The van der Waals surface area contributed by atoms with Crippen LogP contribution < -0.4 is 5.32 Å². The third kappa shape index (κ3) is 2.95. The maximum atomic E-state index is 12.3. The Kier molecular flexibility index (Phi) is 4.12. The predicted molar refractivity (Wildman–Crippen MR) is 87.7 cm³/mol. The number of hydrogen-bond donors (Lipinski definition) is 2. The number of aromatic nitrogens is 2. The third-order valence-corrected chi connectivity index (χ3v) is 4.74. The number of nitrogens with zero attached hydrogens (tertiary/aromatic N) is 1. The van der Waals surface area contributed by atoms with Gasteiger partial charge in [-0.15, -0.1) is 11.3 Å². The molecule has 2 heterocycles. The zero-order chi connectivity index (χ0) is 16.4. The van der Waals surface area contributed by atoms with E-state index in [9.17, 15) is 9.59 Å². The fourth-order valence-electron chi connectivity index (χ4n) is 2.34. The van der Waals surface area contributed by atoms with Gasteiger partial charge in [-0.25, -0.2) is 4.79 Å². The molecule has 0 aliphatic carbocycles. The fraction of sp³-hybridized carbons (Fsp3) is 0.188. The lowest BCUT2D eigenvalue weighted by Gasteiger charge is -2.05. The Bertz CT molecular complexity index is 882. The largest absolute Gasteiger partial charge is 0.465 e. The monoisotopic (exact) mass is 329 g/mol. The summed E-state index contributed by atoms with van der Waals surface area (Å²) in [5, 5.41) is 10.8. The number of ether oxygens (including phenoxy) is 1. The van der Waals surface area contributed by atoms with E-state index in [-0.39, 0.29) is 5.91 Å². The van der Waals surface area contributed by atoms with Crippen LogP contribution in [-0.4, -0.2) is 29.2 Å². The number of aryl methyl sites for hydroxylation is 1. The molecule has 3 rings (SSSR count). The number of carbonyl (C=O) groups excluding carboxylic acids is 2. The van der Waals surface area contributed by atoms with Gasteiger partial charge in [-0.1, -0.05) is 12.1 Å². The Labute approximate surface area is 136 Å². The second-order valence-electron chi connectivity index (χ2n) is 5.05. The summed E-state index contributed by atoms with van der Waals surface area (Å²) in [7, 11) is 1.33. The Morgan fingerprint density at radius 1 is 1.39 bits per heavy atom. The van der Waals surface area contributed by atoms with Crippen LogP contribution in [0.5, 0.6) is 0 Å². The fourth-order valence-corrected chi connectivity index (χ4v) is 3.34. The molecule has 7 heteroatoms. The summed E-state index contributed by atoms with van der Waals surface area (Å²) in [6.45, 7) is 2.17. The van der Waals surface area contributed by atoms with Gasteiger partial charge >= 0.3 is 5.97 Å². The van der Waals surface area contributed by atoms with Gasteiger partial charge in [0.25, 0.3) is 5.91 Å². The molecule has 2 N–H and O–H groups in total. The lowest BCUT2D eigenvalue weighted by Crippen LogP contribution is -2.21. The molecule has 23 heavy (non-hydrogen) atoms. The zero-order valence-electron chi connectivity index (χ0n) is 12.7. The van der Waals surface area contributed by atoms with Crippen LogP contribution in [0.3, 0.4) is 0 Å². The molecular formula is C16H15N3O3S. The first kappa shape index (κ1) is 15.2. The summed E-state index contributed by atoms with van der Waals surface area (Å²) in [5.74, 6) is -0.636. The van der Waals surface area contributed by atoms with E-state index in [1.165, 1.54) is 7.11 Å². The average molecular weight is 329 g/mol. The summed E-state index contributed by atoms with van der Waals surface area (Å²) < 4.78 is 4.71. The van der Waals surface area contributed by atoms with Crippen LogP contribution in [0.15, 0.2) is 30.5 Å². The highest BCUT2D eigenvalue weighted by Gasteiger charge is 2.17. The molecule has 2 aromatic heterocycles. The SMILES string of the molecule is COC(=O)c1sc(C(=O)NCc2cccc3[nH]ncc23)cc1C.